The van der Waals surface area contributed by atoms with Crippen LogP contribution in [0.1, 0.15) is 46.7 Å². The number of fused-ring (bicyclic) bond motifs is 1. The molecule has 0 saturated carbocycles. The Morgan fingerprint density at radius 3 is 3.12 bits per heavy atom. The molecule has 0 radical (unpaired) electrons. The quantitative estimate of drug-likeness (QED) is 0.747. The van der Waals surface area contributed by atoms with Crippen LogP contribution in [-0.2, 0) is 12.8 Å². The minimum Gasteiger partial charge on any atom is -0.386 e. The Bertz CT molecular complexity index is 820. The van der Waals surface area contributed by atoms with Crippen molar-refractivity contribution in [3.05, 3.63) is 35.0 Å². The number of nitrogens with one attached hydrogen (secondary N) is 2. The molecule has 138 valence electrons. The molecule has 8 nitrogen and oxygen atoms in total. The molecule has 0 unspecified atom stereocenters. The third kappa shape index (κ3) is 3.29. The van der Waals surface area contributed by atoms with Gasteiger partial charge in [0, 0.05) is 42.7 Å². The van der Waals surface area contributed by atoms with E-state index in [1.807, 2.05) is 13.0 Å². The second kappa shape index (κ2) is 6.68. The van der Waals surface area contributed by atoms with E-state index in [1.54, 1.807) is 0 Å². The predicted octanol–water partition coefficient (Wildman–Crippen LogP) is 0.758. The molecule has 4 rings (SSSR count). The maximum Gasteiger partial charge on any atom is 0.272 e. The number of H-pyrrole nitrogens is 1. The lowest BCUT2D eigenvalue weighted by molar-refractivity contribution is 0.0253. The molecule has 1 saturated heterocycles. The second-order valence-electron chi connectivity index (χ2n) is 7.33. The first kappa shape index (κ1) is 17.0. The number of aromatic nitrogens is 4. The highest BCUT2D eigenvalue weighted by Gasteiger charge is 2.35. The number of hydrogen-bond acceptors (Lipinski definition) is 6. The van der Waals surface area contributed by atoms with Gasteiger partial charge < -0.3 is 15.3 Å². The van der Waals surface area contributed by atoms with Gasteiger partial charge >= 0.3 is 0 Å². The van der Waals surface area contributed by atoms with Gasteiger partial charge in [0.1, 0.15) is 12.1 Å². The Hall–Kier alpha value is -2.48. The van der Waals surface area contributed by atoms with Crippen LogP contribution in [0.2, 0.25) is 0 Å². The molecule has 0 aromatic carbocycles. The van der Waals surface area contributed by atoms with E-state index < -0.39 is 5.60 Å². The minimum absolute atomic E-state index is 0.202. The summed E-state index contributed by atoms with van der Waals surface area (Å²) in [6.07, 6.45) is 5.92. The summed E-state index contributed by atoms with van der Waals surface area (Å²) in [5.74, 6) is 0.597. The summed E-state index contributed by atoms with van der Waals surface area (Å²) in [6.45, 7) is 3.39. The maximum absolute atomic E-state index is 12.5. The topological polar surface area (TPSA) is 107 Å². The van der Waals surface area contributed by atoms with Gasteiger partial charge in [-0.2, -0.15) is 5.10 Å². The molecule has 1 aliphatic carbocycles. The zero-order chi connectivity index (χ0) is 18.1. The summed E-state index contributed by atoms with van der Waals surface area (Å²) in [4.78, 5) is 23.0. The Morgan fingerprint density at radius 1 is 1.38 bits per heavy atom. The van der Waals surface area contributed by atoms with Gasteiger partial charge in [-0.1, -0.05) is 0 Å². The van der Waals surface area contributed by atoms with E-state index >= 15 is 0 Å². The average Bonchev–Trinajstić information content (AvgIpc) is 3.23. The van der Waals surface area contributed by atoms with Crippen LogP contribution in [0, 0.1) is 6.92 Å². The number of nitrogens with zero attached hydrogens (tertiary/aromatic N) is 4. The van der Waals surface area contributed by atoms with Gasteiger partial charge in [-0.25, -0.2) is 9.97 Å². The van der Waals surface area contributed by atoms with E-state index in [2.05, 4.69) is 30.4 Å². The largest absolute Gasteiger partial charge is 0.386 e. The number of carbonyl (C=O) groups excluding carboxylic acids is 1. The minimum atomic E-state index is -0.980. The first-order chi connectivity index (χ1) is 12.5. The van der Waals surface area contributed by atoms with Crippen LogP contribution in [0.15, 0.2) is 12.4 Å². The van der Waals surface area contributed by atoms with Crippen LogP contribution in [0.5, 0.6) is 0 Å². The third-order valence-electron chi connectivity index (χ3n) is 5.27. The lowest BCUT2D eigenvalue weighted by Crippen LogP contribution is -2.54. The highest BCUT2D eigenvalue weighted by molar-refractivity contribution is 5.94. The molecule has 8 heteroatoms. The highest BCUT2D eigenvalue weighted by Crippen LogP contribution is 2.25. The van der Waals surface area contributed by atoms with Crippen molar-refractivity contribution in [3.8, 4) is 0 Å². The molecule has 1 aliphatic heterocycles. The SMILES string of the molecule is Cc1cc(N2CCC[C@@](O)(CNC(=O)c3n[nH]c4c3CCC4)C2)ncn1. The molecular weight excluding hydrogens is 332 g/mol. The van der Waals surface area contributed by atoms with Gasteiger partial charge in [0.05, 0.1) is 5.60 Å². The van der Waals surface area contributed by atoms with Gasteiger partial charge in [0.15, 0.2) is 5.69 Å². The van der Waals surface area contributed by atoms with Crippen molar-refractivity contribution in [1.29, 1.82) is 0 Å². The monoisotopic (exact) mass is 356 g/mol. The number of aliphatic hydroxyl groups is 1. The molecule has 2 aromatic heterocycles. The van der Waals surface area contributed by atoms with Crippen molar-refractivity contribution in [2.45, 2.75) is 44.6 Å². The number of β-amino-alcohol motifs (C(OH)–C–C–N with tert-alkyl or cyclic N) is 1. The summed E-state index contributed by atoms with van der Waals surface area (Å²) in [5.41, 5.74) is 2.48. The van der Waals surface area contributed by atoms with Gasteiger partial charge in [0.2, 0.25) is 0 Å². The van der Waals surface area contributed by atoms with Crippen molar-refractivity contribution in [2.24, 2.45) is 0 Å². The van der Waals surface area contributed by atoms with Crippen LogP contribution in [0.25, 0.3) is 0 Å². The number of anilines is 1. The maximum atomic E-state index is 12.5. The van der Waals surface area contributed by atoms with Gasteiger partial charge in [-0.15, -0.1) is 0 Å². The zero-order valence-corrected chi connectivity index (χ0v) is 15.0. The normalized spacial score (nSPS) is 22.3. The molecule has 1 amide bonds. The van der Waals surface area contributed by atoms with Crippen molar-refractivity contribution in [3.63, 3.8) is 0 Å². The van der Waals surface area contributed by atoms with Crippen LogP contribution < -0.4 is 10.2 Å². The number of rotatable bonds is 4. The van der Waals surface area contributed by atoms with E-state index in [9.17, 15) is 9.90 Å². The lowest BCUT2D eigenvalue weighted by atomic mass is 9.92. The van der Waals surface area contributed by atoms with Crippen LogP contribution in [0.4, 0.5) is 5.82 Å². The number of piperidine rings is 1. The summed E-state index contributed by atoms with van der Waals surface area (Å²) < 4.78 is 0. The van der Waals surface area contributed by atoms with E-state index in [0.717, 1.165) is 55.0 Å². The first-order valence-corrected chi connectivity index (χ1v) is 9.14. The summed E-state index contributed by atoms with van der Waals surface area (Å²) in [7, 11) is 0. The smallest absolute Gasteiger partial charge is 0.272 e. The van der Waals surface area contributed by atoms with E-state index in [0.29, 0.717) is 18.7 Å². The van der Waals surface area contributed by atoms with Crippen LogP contribution >= 0.6 is 0 Å². The number of aromatic amines is 1. The van der Waals surface area contributed by atoms with Gasteiger partial charge in [0.25, 0.3) is 5.91 Å². The van der Waals surface area contributed by atoms with E-state index in [4.69, 9.17) is 0 Å². The van der Waals surface area contributed by atoms with Gasteiger partial charge in [-0.3, -0.25) is 9.89 Å². The predicted molar refractivity (Wildman–Crippen MR) is 96.1 cm³/mol. The Labute approximate surface area is 152 Å². The van der Waals surface area contributed by atoms with Gasteiger partial charge in [-0.05, 0) is 39.0 Å². The number of aryl methyl sites for hydroxylation is 2. The van der Waals surface area contributed by atoms with Crippen molar-refractivity contribution in [2.75, 3.05) is 24.5 Å². The fraction of sp³-hybridized carbons (Fsp3) is 0.556. The number of carbonyl (C=O) groups is 1. The molecule has 26 heavy (non-hydrogen) atoms. The fourth-order valence-electron chi connectivity index (χ4n) is 3.90. The first-order valence-electron chi connectivity index (χ1n) is 9.14. The Balaban J connectivity index is 1.41. The Kier molecular flexibility index (Phi) is 4.36. The molecule has 3 heterocycles. The molecular formula is C18H24N6O2. The molecule has 0 spiro atoms. The summed E-state index contributed by atoms with van der Waals surface area (Å²) in [5, 5.41) is 21.0. The van der Waals surface area contributed by atoms with Crippen molar-refractivity contribution in [1.82, 2.24) is 25.5 Å². The van der Waals surface area contributed by atoms with Crippen LogP contribution in [-0.4, -0.2) is 56.4 Å². The van der Waals surface area contributed by atoms with Crippen molar-refractivity contribution >= 4 is 11.7 Å². The Morgan fingerprint density at radius 2 is 2.27 bits per heavy atom. The molecule has 2 aromatic rings. The molecule has 3 N–H and O–H groups in total. The highest BCUT2D eigenvalue weighted by atomic mass is 16.3. The summed E-state index contributed by atoms with van der Waals surface area (Å²) in [6, 6.07) is 1.91. The molecule has 1 atom stereocenters. The zero-order valence-electron chi connectivity index (χ0n) is 15.0. The average molecular weight is 356 g/mol. The third-order valence-corrected chi connectivity index (χ3v) is 5.27. The van der Waals surface area contributed by atoms with E-state index in [1.165, 1.54) is 6.33 Å². The molecule has 0 bridgehead atoms. The lowest BCUT2D eigenvalue weighted by Gasteiger charge is -2.39. The summed E-state index contributed by atoms with van der Waals surface area (Å²) >= 11 is 0. The standard InChI is InChI=1S/C18H24N6O2/c1-12-8-15(21-11-20-12)24-7-3-6-18(26,10-24)9-19-17(25)16-13-4-2-5-14(13)22-23-16/h8,11,26H,2-7,9-10H2,1H3,(H,19,25)(H,22,23)/t18-/m1/s1. The number of hydrogen-bond donors (Lipinski definition) is 3. The molecule has 1 fully saturated rings. The van der Waals surface area contributed by atoms with Crippen molar-refractivity contribution < 1.29 is 9.90 Å². The van der Waals surface area contributed by atoms with Crippen LogP contribution in [0.3, 0.4) is 0 Å². The molecule has 2 aliphatic rings. The number of amides is 1. The van der Waals surface area contributed by atoms with E-state index in [-0.39, 0.29) is 12.5 Å². The second-order valence-corrected chi connectivity index (χ2v) is 7.33. The fourth-order valence-corrected chi connectivity index (χ4v) is 3.90.